The minimum absolute atomic E-state index is 0.217. The Balaban J connectivity index is 1.93. The lowest BCUT2D eigenvalue weighted by Gasteiger charge is -2.28. The van der Waals surface area contributed by atoms with Crippen LogP contribution in [0.2, 0.25) is 0 Å². The molecule has 0 radical (unpaired) electrons. The van der Waals surface area contributed by atoms with Crippen molar-refractivity contribution in [1.29, 1.82) is 0 Å². The second kappa shape index (κ2) is 3.87. The van der Waals surface area contributed by atoms with Crippen LogP contribution < -0.4 is 0 Å². The number of hydrogen-bond acceptors (Lipinski definition) is 4. The largest absolute Gasteiger partial charge is 0.465 e. The molecule has 1 spiro atoms. The summed E-state index contributed by atoms with van der Waals surface area (Å²) >= 11 is 0. The topological polar surface area (TPSA) is 44.8 Å². The maximum atomic E-state index is 10.7. The van der Waals surface area contributed by atoms with Crippen LogP contribution in [0.3, 0.4) is 0 Å². The molecule has 1 atom stereocenters. The Morgan fingerprint density at radius 3 is 2.86 bits per heavy atom. The molecule has 1 saturated carbocycles. The zero-order chi connectivity index (χ0) is 10.0. The molecular weight excluding hydrogens is 184 g/mol. The van der Waals surface area contributed by atoms with E-state index in [2.05, 4.69) is 0 Å². The molecule has 1 heterocycles. The molecule has 2 fully saturated rings. The van der Waals surface area contributed by atoms with E-state index in [0.717, 1.165) is 19.3 Å². The van der Waals surface area contributed by atoms with E-state index < -0.39 is 5.79 Å². The van der Waals surface area contributed by atoms with Crippen LogP contribution in [0.25, 0.3) is 0 Å². The molecule has 0 amide bonds. The Morgan fingerprint density at radius 1 is 1.50 bits per heavy atom. The summed E-state index contributed by atoms with van der Waals surface area (Å²) in [6.45, 7) is 3.18. The van der Waals surface area contributed by atoms with Crippen LogP contribution in [0.5, 0.6) is 0 Å². The summed E-state index contributed by atoms with van der Waals surface area (Å²) in [6, 6.07) is 0. The van der Waals surface area contributed by atoms with E-state index >= 15 is 0 Å². The SMILES string of the molecule is CC(=O)OC[C@@H]1CCCC12OCCO2. The average molecular weight is 200 g/mol. The Bertz CT molecular complexity index is 215. The van der Waals surface area contributed by atoms with Gasteiger partial charge in [-0.3, -0.25) is 4.79 Å². The fourth-order valence-electron chi connectivity index (χ4n) is 2.30. The second-order valence-electron chi connectivity index (χ2n) is 3.90. The van der Waals surface area contributed by atoms with Gasteiger partial charge in [-0.05, 0) is 12.8 Å². The zero-order valence-electron chi connectivity index (χ0n) is 8.45. The van der Waals surface area contributed by atoms with Crippen molar-refractivity contribution in [1.82, 2.24) is 0 Å². The van der Waals surface area contributed by atoms with Gasteiger partial charge in [0, 0.05) is 19.3 Å². The summed E-state index contributed by atoms with van der Waals surface area (Å²) in [5.41, 5.74) is 0. The molecule has 1 aliphatic heterocycles. The highest BCUT2D eigenvalue weighted by molar-refractivity contribution is 5.65. The van der Waals surface area contributed by atoms with Gasteiger partial charge < -0.3 is 14.2 Å². The van der Waals surface area contributed by atoms with E-state index in [1.807, 2.05) is 0 Å². The predicted molar refractivity (Wildman–Crippen MR) is 48.6 cm³/mol. The molecule has 0 aromatic carbocycles. The summed E-state index contributed by atoms with van der Waals surface area (Å²) in [5.74, 6) is -0.450. The molecule has 0 aromatic rings. The first-order valence-electron chi connectivity index (χ1n) is 5.14. The normalized spacial score (nSPS) is 29.6. The van der Waals surface area contributed by atoms with Gasteiger partial charge in [-0.25, -0.2) is 0 Å². The van der Waals surface area contributed by atoms with Gasteiger partial charge in [0.2, 0.25) is 0 Å². The monoisotopic (exact) mass is 200 g/mol. The molecule has 0 bridgehead atoms. The van der Waals surface area contributed by atoms with E-state index in [-0.39, 0.29) is 11.9 Å². The third-order valence-corrected chi connectivity index (χ3v) is 2.96. The molecule has 4 nitrogen and oxygen atoms in total. The van der Waals surface area contributed by atoms with E-state index in [1.54, 1.807) is 0 Å². The quantitative estimate of drug-likeness (QED) is 0.626. The summed E-state index contributed by atoms with van der Waals surface area (Å²) < 4.78 is 16.3. The van der Waals surface area contributed by atoms with Crippen molar-refractivity contribution in [2.45, 2.75) is 32.0 Å². The van der Waals surface area contributed by atoms with E-state index in [9.17, 15) is 4.79 Å². The first-order chi connectivity index (χ1) is 6.73. The van der Waals surface area contributed by atoms with Gasteiger partial charge in [0.25, 0.3) is 0 Å². The molecule has 1 aliphatic carbocycles. The maximum absolute atomic E-state index is 10.7. The highest BCUT2D eigenvalue weighted by Crippen LogP contribution is 2.42. The summed E-state index contributed by atoms with van der Waals surface area (Å²) in [5, 5.41) is 0. The first kappa shape index (κ1) is 9.93. The molecule has 0 aromatic heterocycles. The summed E-state index contributed by atoms with van der Waals surface area (Å²) in [6.07, 6.45) is 3.04. The third-order valence-electron chi connectivity index (χ3n) is 2.96. The Hall–Kier alpha value is -0.610. The minimum Gasteiger partial charge on any atom is -0.465 e. The van der Waals surface area contributed by atoms with Crippen molar-refractivity contribution in [3.05, 3.63) is 0 Å². The highest BCUT2D eigenvalue weighted by atomic mass is 16.7. The van der Waals surface area contributed by atoms with Crippen LogP contribution in [-0.4, -0.2) is 31.6 Å². The van der Waals surface area contributed by atoms with Crippen LogP contribution in [0.1, 0.15) is 26.2 Å². The number of esters is 1. The molecule has 80 valence electrons. The summed E-state index contributed by atoms with van der Waals surface area (Å²) in [7, 11) is 0. The lowest BCUT2D eigenvalue weighted by Crippen LogP contribution is -2.37. The van der Waals surface area contributed by atoms with Gasteiger partial charge in [0.05, 0.1) is 19.8 Å². The first-order valence-corrected chi connectivity index (χ1v) is 5.14. The standard InChI is InChI=1S/C10H16O4/c1-8(11)12-7-9-3-2-4-10(9)13-5-6-14-10/h9H,2-7H2,1H3/t9-/m0/s1. The fourth-order valence-corrected chi connectivity index (χ4v) is 2.30. The van der Waals surface area contributed by atoms with Crippen LogP contribution in [0, 0.1) is 5.92 Å². The number of hydrogen-bond donors (Lipinski definition) is 0. The van der Waals surface area contributed by atoms with E-state index in [0.29, 0.717) is 19.8 Å². The van der Waals surface area contributed by atoms with Crippen molar-refractivity contribution >= 4 is 5.97 Å². The summed E-state index contributed by atoms with van der Waals surface area (Å²) in [4.78, 5) is 10.7. The molecule has 1 saturated heterocycles. The van der Waals surface area contributed by atoms with Gasteiger partial charge in [-0.15, -0.1) is 0 Å². The number of ether oxygens (including phenoxy) is 3. The highest BCUT2D eigenvalue weighted by Gasteiger charge is 2.48. The smallest absolute Gasteiger partial charge is 0.302 e. The number of carbonyl (C=O) groups excluding carboxylic acids is 1. The molecular formula is C10H16O4. The van der Waals surface area contributed by atoms with Crippen molar-refractivity contribution in [2.24, 2.45) is 5.92 Å². The Labute approximate surface area is 83.5 Å². The van der Waals surface area contributed by atoms with Gasteiger partial charge in [0.1, 0.15) is 0 Å². The Kier molecular flexibility index (Phi) is 2.74. The third kappa shape index (κ3) is 1.77. The van der Waals surface area contributed by atoms with Gasteiger partial charge in [0.15, 0.2) is 5.79 Å². The van der Waals surface area contributed by atoms with Crippen LogP contribution in [0.4, 0.5) is 0 Å². The van der Waals surface area contributed by atoms with Crippen molar-refractivity contribution in [2.75, 3.05) is 19.8 Å². The minimum atomic E-state index is -0.435. The lowest BCUT2D eigenvalue weighted by molar-refractivity contribution is -0.193. The molecule has 4 heteroatoms. The van der Waals surface area contributed by atoms with Crippen LogP contribution in [-0.2, 0) is 19.0 Å². The fraction of sp³-hybridized carbons (Fsp3) is 0.900. The maximum Gasteiger partial charge on any atom is 0.302 e. The number of rotatable bonds is 2. The molecule has 14 heavy (non-hydrogen) atoms. The number of carbonyl (C=O) groups is 1. The van der Waals surface area contributed by atoms with Crippen molar-refractivity contribution < 1.29 is 19.0 Å². The van der Waals surface area contributed by atoms with Crippen LogP contribution in [0.15, 0.2) is 0 Å². The van der Waals surface area contributed by atoms with Crippen molar-refractivity contribution in [3.8, 4) is 0 Å². The zero-order valence-corrected chi connectivity index (χ0v) is 8.45. The van der Waals surface area contributed by atoms with Crippen molar-refractivity contribution in [3.63, 3.8) is 0 Å². The van der Waals surface area contributed by atoms with E-state index in [1.165, 1.54) is 6.92 Å². The Morgan fingerprint density at radius 2 is 2.21 bits per heavy atom. The van der Waals surface area contributed by atoms with Crippen LogP contribution >= 0.6 is 0 Å². The van der Waals surface area contributed by atoms with Gasteiger partial charge in [-0.1, -0.05) is 0 Å². The molecule has 0 N–H and O–H groups in total. The predicted octanol–water partition coefficient (Wildman–Crippen LogP) is 1.09. The van der Waals surface area contributed by atoms with E-state index in [4.69, 9.17) is 14.2 Å². The molecule has 2 rings (SSSR count). The lowest BCUT2D eigenvalue weighted by atomic mass is 10.0. The second-order valence-corrected chi connectivity index (χ2v) is 3.90. The molecule has 0 unspecified atom stereocenters. The van der Waals surface area contributed by atoms with Gasteiger partial charge >= 0.3 is 5.97 Å². The molecule has 2 aliphatic rings. The van der Waals surface area contributed by atoms with Gasteiger partial charge in [-0.2, -0.15) is 0 Å². The average Bonchev–Trinajstić information content (AvgIpc) is 2.74.